The summed E-state index contributed by atoms with van der Waals surface area (Å²) in [5.41, 5.74) is 0. The molecule has 138 valence electrons. The third kappa shape index (κ3) is 6.38. The van der Waals surface area contributed by atoms with Crippen molar-refractivity contribution >= 4 is 20.8 Å². The smallest absolute Gasteiger partial charge is 0.241 e. The topological polar surface area (TPSA) is 71.1 Å². The zero-order valence-electron chi connectivity index (χ0n) is 15.0. The monoisotopic (exact) mass is 363 g/mol. The molecule has 0 aliphatic rings. The summed E-state index contributed by atoms with van der Waals surface area (Å²) in [7, 11) is -3.51. The Morgan fingerprint density at radius 1 is 0.960 bits per heavy atom. The molecule has 2 aromatic rings. The first-order valence-electron chi connectivity index (χ1n) is 9.18. The largest absolute Gasteiger partial charge is 0.315 e. The minimum absolute atomic E-state index is 0.309. The standard InChI is InChI=1S/C19H29N3O2S/c1-2-3-4-5-6-7-12-20-14-15-22-25(23,24)19-10-8-9-17-16-21-13-11-18(17)19/h8-11,13,16,20,22H,2-7,12,14-15H2,1H3. The van der Waals surface area contributed by atoms with Gasteiger partial charge in [-0.25, -0.2) is 13.1 Å². The molecule has 6 heteroatoms. The van der Waals surface area contributed by atoms with Gasteiger partial charge in [-0.1, -0.05) is 51.2 Å². The number of benzene rings is 1. The Labute approximate surface area is 151 Å². The van der Waals surface area contributed by atoms with E-state index in [9.17, 15) is 8.42 Å². The molecule has 0 fully saturated rings. The lowest BCUT2D eigenvalue weighted by molar-refractivity contribution is 0.560. The zero-order valence-corrected chi connectivity index (χ0v) is 15.8. The number of pyridine rings is 1. The van der Waals surface area contributed by atoms with Crippen molar-refractivity contribution in [3.05, 3.63) is 36.7 Å². The summed E-state index contributed by atoms with van der Waals surface area (Å²) in [5, 5.41) is 4.83. The fourth-order valence-corrected chi connectivity index (χ4v) is 4.09. The van der Waals surface area contributed by atoms with Crippen LogP contribution in [0.25, 0.3) is 10.8 Å². The average molecular weight is 364 g/mol. The molecule has 0 atom stereocenters. The first kappa shape index (κ1) is 19.8. The van der Waals surface area contributed by atoms with Gasteiger partial charge < -0.3 is 5.32 Å². The fraction of sp³-hybridized carbons (Fsp3) is 0.526. The van der Waals surface area contributed by atoms with Crippen molar-refractivity contribution in [3.63, 3.8) is 0 Å². The highest BCUT2D eigenvalue weighted by Crippen LogP contribution is 2.21. The Morgan fingerprint density at radius 2 is 1.76 bits per heavy atom. The van der Waals surface area contributed by atoms with E-state index in [1.807, 2.05) is 6.07 Å². The Kier molecular flexibility index (Phi) is 8.31. The van der Waals surface area contributed by atoms with Gasteiger partial charge in [0.2, 0.25) is 10.0 Å². The molecule has 0 spiro atoms. The van der Waals surface area contributed by atoms with Crippen molar-refractivity contribution in [2.75, 3.05) is 19.6 Å². The van der Waals surface area contributed by atoms with E-state index in [4.69, 9.17) is 0 Å². The maximum atomic E-state index is 12.5. The second kappa shape index (κ2) is 10.5. The second-order valence-corrected chi connectivity index (χ2v) is 8.00. The zero-order chi connectivity index (χ0) is 18.0. The van der Waals surface area contributed by atoms with Crippen molar-refractivity contribution in [1.82, 2.24) is 15.0 Å². The van der Waals surface area contributed by atoms with E-state index >= 15 is 0 Å². The summed E-state index contributed by atoms with van der Waals surface area (Å²) in [4.78, 5) is 4.35. The van der Waals surface area contributed by atoms with E-state index in [1.54, 1.807) is 30.6 Å². The Bertz CT molecular complexity index is 742. The summed E-state index contributed by atoms with van der Waals surface area (Å²) in [6.07, 6.45) is 10.9. The molecule has 2 N–H and O–H groups in total. The van der Waals surface area contributed by atoms with Crippen LogP contribution in [0.3, 0.4) is 0 Å². The number of unbranched alkanes of at least 4 members (excludes halogenated alkanes) is 5. The van der Waals surface area contributed by atoms with Gasteiger partial charge in [0, 0.05) is 36.3 Å². The summed E-state index contributed by atoms with van der Waals surface area (Å²) in [6.45, 7) is 4.19. The molecule has 0 saturated carbocycles. The van der Waals surface area contributed by atoms with E-state index < -0.39 is 10.0 Å². The quantitative estimate of drug-likeness (QED) is 0.567. The highest BCUT2D eigenvalue weighted by atomic mass is 32.2. The van der Waals surface area contributed by atoms with Gasteiger partial charge in [-0.3, -0.25) is 4.98 Å². The number of hydrogen-bond acceptors (Lipinski definition) is 4. The predicted molar refractivity (Wildman–Crippen MR) is 103 cm³/mol. The third-order valence-electron chi connectivity index (χ3n) is 4.23. The first-order chi connectivity index (χ1) is 12.1. The average Bonchev–Trinajstić information content (AvgIpc) is 2.62. The minimum Gasteiger partial charge on any atom is -0.315 e. The highest BCUT2D eigenvalue weighted by Gasteiger charge is 2.16. The third-order valence-corrected chi connectivity index (χ3v) is 5.75. The SMILES string of the molecule is CCCCCCCCNCCNS(=O)(=O)c1cccc2cnccc12. The Balaban J connectivity index is 1.73. The second-order valence-electron chi connectivity index (χ2n) is 6.27. The molecule has 0 saturated heterocycles. The van der Waals surface area contributed by atoms with Crippen LogP contribution in [-0.2, 0) is 10.0 Å². The van der Waals surface area contributed by atoms with E-state index in [-0.39, 0.29) is 0 Å². The van der Waals surface area contributed by atoms with Gasteiger partial charge in [-0.2, -0.15) is 0 Å². The van der Waals surface area contributed by atoms with E-state index in [2.05, 4.69) is 21.9 Å². The molecule has 0 unspecified atom stereocenters. The van der Waals surface area contributed by atoms with Gasteiger partial charge in [-0.15, -0.1) is 0 Å². The minimum atomic E-state index is -3.51. The molecule has 1 heterocycles. The molecular weight excluding hydrogens is 334 g/mol. The molecule has 1 aromatic carbocycles. The van der Waals surface area contributed by atoms with E-state index in [1.165, 1.54) is 32.1 Å². The van der Waals surface area contributed by atoms with Gasteiger partial charge in [-0.05, 0) is 25.1 Å². The number of nitrogens with one attached hydrogen (secondary N) is 2. The molecule has 2 rings (SSSR count). The van der Waals surface area contributed by atoms with Crippen LogP contribution in [0.5, 0.6) is 0 Å². The molecule has 0 radical (unpaired) electrons. The van der Waals surface area contributed by atoms with Crippen LogP contribution in [0.4, 0.5) is 0 Å². The van der Waals surface area contributed by atoms with Crippen LogP contribution in [-0.4, -0.2) is 33.0 Å². The van der Waals surface area contributed by atoms with Crippen LogP contribution in [0, 0.1) is 0 Å². The lowest BCUT2D eigenvalue weighted by Gasteiger charge is -2.10. The Hall–Kier alpha value is -1.50. The number of sulfonamides is 1. The number of nitrogens with zero attached hydrogens (tertiary/aromatic N) is 1. The lowest BCUT2D eigenvalue weighted by Crippen LogP contribution is -2.32. The normalized spacial score (nSPS) is 11.9. The van der Waals surface area contributed by atoms with Gasteiger partial charge in [0.1, 0.15) is 0 Å². The molecule has 0 aliphatic heterocycles. The predicted octanol–water partition coefficient (Wildman–Crippen LogP) is 3.46. The number of aromatic nitrogens is 1. The van der Waals surface area contributed by atoms with Crippen molar-refractivity contribution in [1.29, 1.82) is 0 Å². The van der Waals surface area contributed by atoms with Crippen molar-refractivity contribution in [2.45, 2.75) is 50.3 Å². The number of fused-ring (bicyclic) bond motifs is 1. The molecule has 0 amide bonds. The summed E-state index contributed by atoms with van der Waals surface area (Å²) in [6, 6.07) is 6.98. The molecular formula is C19H29N3O2S. The van der Waals surface area contributed by atoms with Gasteiger partial charge in [0.15, 0.2) is 0 Å². The van der Waals surface area contributed by atoms with Crippen molar-refractivity contribution in [2.24, 2.45) is 0 Å². The molecule has 0 bridgehead atoms. The van der Waals surface area contributed by atoms with Crippen molar-refractivity contribution < 1.29 is 8.42 Å². The van der Waals surface area contributed by atoms with Crippen LogP contribution in [0.2, 0.25) is 0 Å². The molecule has 25 heavy (non-hydrogen) atoms. The summed E-state index contributed by atoms with van der Waals surface area (Å²) < 4.78 is 27.7. The Morgan fingerprint density at radius 3 is 2.60 bits per heavy atom. The van der Waals surface area contributed by atoms with E-state index in [0.29, 0.717) is 23.4 Å². The summed E-state index contributed by atoms with van der Waals surface area (Å²) >= 11 is 0. The number of rotatable bonds is 12. The maximum Gasteiger partial charge on any atom is 0.241 e. The summed E-state index contributed by atoms with van der Waals surface area (Å²) in [5.74, 6) is 0. The fourth-order valence-electron chi connectivity index (χ4n) is 2.83. The number of hydrogen-bond donors (Lipinski definition) is 2. The van der Waals surface area contributed by atoms with Crippen LogP contribution in [0.1, 0.15) is 45.4 Å². The van der Waals surface area contributed by atoms with Gasteiger partial charge >= 0.3 is 0 Å². The van der Waals surface area contributed by atoms with Crippen molar-refractivity contribution in [3.8, 4) is 0 Å². The van der Waals surface area contributed by atoms with E-state index in [0.717, 1.165) is 18.4 Å². The first-order valence-corrected chi connectivity index (χ1v) is 10.7. The highest BCUT2D eigenvalue weighted by molar-refractivity contribution is 7.89. The van der Waals surface area contributed by atoms with Gasteiger partial charge in [0.05, 0.1) is 4.90 Å². The van der Waals surface area contributed by atoms with Crippen LogP contribution in [0.15, 0.2) is 41.6 Å². The molecule has 1 aromatic heterocycles. The maximum absolute atomic E-state index is 12.5. The molecule has 5 nitrogen and oxygen atoms in total. The lowest BCUT2D eigenvalue weighted by atomic mass is 10.1. The van der Waals surface area contributed by atoms with Crippen LogP contribution < -0.4 is 10.0 Å². The van der Waals surface area contributed by atoms with Crippen LogP contribution >= 0.6 is 0 Å². The molecule has 0 aliphatic carbocycles. The van der Waals surface area contributed by atoms with Gasteiger partial charge in [0.25, 0.3) is 0 Å².